The highest BCUT2D eigenvalue weighted by Gasteiger charge is 2.20. The van der Waals surface area contributed by atoms with Gasteiger partial charge in [0.25, 0.3) is 0 Å². The molecule has 2 nitrogen and oxygen atoms in total. The number of nitrogens with zero attached hydrogens (tertiary/aromatic N) is 1. The van der Waals surface area contributed by atoms with Gasteiger partial charge in [-0.15, -0.1) is 11.3 Å². The first-order chi connectivity index (χ1) is 8.54. The van der Waals surface area contributed by atoms with Crippen molar-refractivity contribution in [1.29, 1.82) is 0 Å². The summed E-state index contributed by atoms with van der Waals surface area (Å²) < 4.78 is 0. The van der Waals surface area contributed by atoms with Crippen LogP contribution in [0, 0.1) is 19.8 Å². The molecule has 1 N–H and O–H groups in total. The van der Waals surface area contributed by atoms with Gasteiger partial charge in [0.05, 0.1) is 6.54 Å². The van der Waals surface area contributed by atoms with Crippen LogP contribution < -0.4 is 5.32 Å². The highest BCUT2D eigenvalue weighted by molar-refractivity contribution is 8.14. The van der Waals surface area contributed by atoms with Crippen molar-refractivity contribution in [1.82, 2.24) is 5.32 Å². The molecule has 0 aromatic carbocycles. The van der Waals surface area contributed by atoms with Crippen LogP contribution in [0.2, 0.25) is 0 Å². The topological polar surface area (TPSA) is 24.4 Å². The molecule has 0 aliphatic carbocycles. The Morgan fingerprint density at radius 2 is 2.22 bits per heavy atom. The van der Waals surface area contributed by atoms with Crippen LogP contribution in [-0.2, 0) is 6.54 Å². The molecule has 1 aliphatic heterocycles. The van der Waals surface area contributed by atoms with E-state index in [1.807, 2.05) is 23.1 Å². The van der Waals surface area contributed by atoms with Gasteiger partial charge in [0.15, 0.2) is 5.17 Å². The Bertz CT molecular complexity index is 416. The van der Waals surface area contributed by atoms with Crippen molar-refractivity contribution in [2.24, 2.45) is 10.9 Å². The van der Waals surface area contributed by atoms with Gasteiger partial charge in [-0.05, 0) is 37.8 Å². The second-order valence-electron chi connectivity index (χ2n) is 5.36. The Balaban J connectivity index is 1.87. The number of rotatable bonds is 4. The van der Waals surface area contributed by atoms with Crippen LogP contribution in [-0.4, -0.2) is 17.0 Å². The summed E-state index contributed by atoms with van der Waals surface area (Å²) in [6.07, 6.45) is 1.24. The molecule has 0 saturated carbocycles. The van der Waals surface area contributed by atoms with E-state index in [0.717, 1.165) is 17.6 Å². The highest BCUT2D eigenvalue weighted by Crippen LogP contribution is 2.23. The zero-order valence-corrected chi connectivity index (χ0v) is 13.3. The van der Waals surface area contributed by atoms with Crippen molar-refractivity contribution < 1.29 is 0 Å². The summed E-state index contributed by atoms with van der Waals surface area (Å²) in [7, 11) is 0. The number of hydrogen-bond donors (Lipinski definition) is 1. The number of amidine groups is 1. The van der Waals surface area contributed by atoms with Crippen LogP contribution in [0.15, 0.2) is 11.1 Å². The Morgan fingerprint density at radius 1 is 1.44 bits per heavy atom. The molecule has 0 bridgehead atoms. The standard InChI is InChI=1S/C14H22N2S2/c1-9(2)5-12-8-17-14(16-12)15-7-13-6-10(3)11(4)18-13/h6,9,12H,5,7-8H2,1-4H3,(H,15,16). The number of aliphatic imine (C=N–C) groups is 1. The zero-order valence-electron chi connectivity index (χ0n) is 11.6. The number of aryl methyl sites for hydroxylation is 2. The molecule has 1 aromatic heterocycles. The minimum absolute atomic E-state index is 0.612. The summed E-state index contributed by atoms with van der Waals surface area (Å²) in [5, 5.41) is 4.66. The fourth-order valence-electron chi connectivity index (χ4n) is 2.10. The molecule has 0 spiro atoms. The average Bonchev–Trinajstić information content (AvgIpc) is 2.84. The second kappa shape index (κ2) is 6.11. The summed E-state index contributed by atoms with van der Waals surface area (Å²) >= 11 is 3.73. The predicted molar refractivity (Wildman–Crippen MR) is 83.8 cm³/mol. The van der Waals surface area contributed by atoms with E-state index in [1.165, 1.54) is 27.5 Å². The van der Waals surface area contributed by atoms with Crippen molar-refractivity contribution >= 4 is 28.3 Å². The molecule has 0 radical (unpaired) electrons. The van der Waals surface area contributed by atoms with Crippen molar-refractivity contribution in [2.75, 3.05) is 5.75 Å². The fourth-order valence-corrected chi connectivity index (χ4v) is 4.06. The molecule has 1 unspecified atom stereocenters. The van der Waals surface area contributed by atoms with E-state index >= 15 is 0 Å². The normalized spacial score (nSPS) is 21.8. The summed E-state index contributed by atoms with van der Waals surface area (Å²) in [5.41, 5.74) is 1.39. The third-order valence-electron chi connectivity index (χ3n) is 3.10. The van der Waals surface area contributed by atoms with Gasteiger partial charge in [-0.2, -0.15) is 0 Å². The van der Waals surface area contributed by atoms with E-state index < -0.39 is 0 Å². The SMILES string of the molecule is Cc1cc(CN=C2NC(CC(C)C)CS2)sc1C. The molecule has 1 aromatic rings. The highest BCUT2D eigenvalue weighted by atomic mass is 32.2. The summed E-state index contributed by atoms with van der Waals surface area (Å²) in [6.45, 7) is 9.72. The minimum Gasteiger partial charge on any atom is -0.361 e. The number of thiophene rings is 1. The maximum absolute atomic E-state index is 4.68. The van der Waals surface area contributed by atoms with Crippen LogP contribution in [0.5, 0.6) is 0 Å². The van der Waals surface area contributed by atoms with Crippen LogP contribution in [0.4, 0.5) is 0 Å². The van der Waals surface area contributed by atoms with Gasteiger partial charge >= 0.3 is 0 Å². The van der Waals surface area contributed by atoms with E-state index in [4.69, 9.17) is 0 Å². The monoisotopic (exact) mass is 282 g/mol. The molecular weight excluding hydrogens is 260 g/mol. The molecule has 2 heterocycles. The number of thioether (sulfide) groups is 1. The van der Waals surface area contributed by atoms with Gasteiger partial charge in [-0.1, -0.05) is 25.6 Å². The third kappa shape index (κ3) is 3.75. The Hall–Kier alpha value is -0.480. The first-order valence-corrected chi connectivity index (χ1v) is 8.34. The van der Waals surface area contributed by atoms with Gasteiger partial charge in [0.2, 0.25) is 0 Å². The van der Waals surface area contributed by atoms with Gasteiger partial charge in [-0.3, -0.25) is 4.99 Å². The maximum atomic E-state index is 4.68. The van der Waals surface area contributed by atoms with E-state index in [1.54, 1.807) is 0 Å². The van der Waals surface area contributed by atoms with Gasteiger partial charge in [-0.25, -0.2) is 0 Å². The van der Waals surface area contributed by atoms with Gasteiger partial charge in [0, 0.05) is 21.5 Å². The van der Waals surface area contributed by atoms with Gasteiger partial charge < -0.3 is 5.32 Å². The quantitative estimate of drug-likeness (QED) is 0.903. The molecule has 1 atom stereocenters. The minimum atomic E-state index is 0.612. The molecule has 4 heteroatoms. The maximum Gasteiger partial charge on any atom is 0.157 e. The van der Waals surface area contributed by atoms with E-state index in [0.29, 0.717) is 6.04 Å². The molecule has 1 fully saturated rings. The molecule has 100 valence electrons. The zero-order chi connectivity index (χ0) is 13.1. The van der Waals surface area contributed by atoms with Crippen molar-refractivity contribution in [2.45, 2.75) is 46.7 Å². The number of hydrogen-bond acceptors (Lipinski definition) is 3. The Morgan fingerprint density at radius 3 is 2.83 bits per heavy atom. The average molecular weight is 282 g/mol. The lowest BCUT2D eigenvalue weighted by molar-refractivity contribution is 0.502. The molecule has 2 rings (SSSR count). The van der Waals surface area contributed by atoms with E-state index in [2.05, 4.69) is 44.1 Å². The lowest BCUT2D eigenvalue weighted by Crippen LogP contribution is -2.28. The Kier molecular flexibility index (Phi) is 4.73. The van der Waals surface area contributed by atoms with E-state index in [9.17, 15) is 0 Å². The predicted octanol–water partition coefficient (Wildman–Crippen LogP) is 3.97. The first-order valence-electron chi connectivity index (χ1n) is 6.54. The van der Waals surface area contributed by atoms with Crippen LogP contribution in [0.1, 0.15) is 35.6 Å². The lowest BCUT2D eigenvalue weighted by Gasteiger charge is -2.11. The molecule has 1 aliphatic rings. The van der Waals surface area contributed by atoms with Crippen LogP contribution >= 0.6 is 23.1 Å². The molecule has 18 heavy (non-hydrogen) atoms. The van der Waals surface area contributed by atoms with Gasteiger partial charge in [0.1, 0.15) is 0 Å². The second-order valence-corrected chi connectivity index (χ2v) is 7.70. The largest absolute Gasteiger partial charge is 0.361 e. The van der Waals surface area contributed by atoms with Crippen molar-refractivity contribution in [3.8, 4) is 0 Å². The summed E-state index contributed by atoms with van der Waals surface area (Å²) in [4.78, 5) is 7.46. The third-order valence-corrected chi connectivity index (χ3v) is 5.33. The first kappa shape index (κ1) is 13.9. The van der Waals surface area contributed by atoms with Crippen LogP contribution in [0.25, 0.3) is 0 Å². The molecule has 0 amide bonds. The molecule has 1 saturated heterocycles. The van der Waals surface area contributed by atoms with Crippen LogP contribution in [0.3, 0.4) is 0 Å². The van der Waals surface area contributed by atoms with E-state index in [-0.39, 0.29) is 0 Å². The fraction of sp³-hybridized carbons (Fsp3) is 0.643. The summed E-state index contributed by atoms with van der Waals surface area (Å²) in [5.74, 6) is 1.92. The smallest absolute Gasteiger partial charge is 0.157 e. The van der Waals surface area contributed by atoms with Crippen molar-refractivity contribution in [3.63, 3.8) is 0 Å². The van der Waals surface area contributed by atoms with Crippen molar-refractivity contribution in [3.05, 3.63) is 21.4 Å². The Labute approximate surface area is 118 Å². The number of nitrogens with one attached hydrogen (secondary N) is 1. The summed E-state index contributed by atoms with van der Waals surface area (Å²) in [6, 6.07) is 2.87. The lowest BCUT2D eigenvalue weighted by atomic mass is 10.1. The molecular formula is C14H22N2S2.